The van der Waals surface area contributed by atoms with Crippen LogP contribution < -0.4 is 0 Å². The molecule has 2 rings (SSSR count). The van der Waals surface area contributed by atoms with Crippen molar-refractivity contribution in [3.63, 3.8) is 0 Å². The van der Waals surface area contributed by atoms with Gasteiger partial charge in [0.1, 0.15) is 5.70 Å². The van der Waals surface area contributed by atoms with Crippen LogP contribution in [0.15, 0.2) is 41.0 Å². The molecule has 0 saturated carbocycles. The van der Waals surface area contributed by atoms with Crippen LogP contribution in [0.3, 0.4) is 0 Å². The van der Waals surface area contributed by atoms with Crippen molar-refractivity contribution in [2.24, 2.45) is 4.99 Å². The fourth-order valence-corrected chi connectivity index (χ4v) is 1.49. The summed E-state index contributed by atoms with van der Waals surface area (Å²) in [5.41, 5.74) is 1.34. The lowest BCUT2D eigenvalue weighted by Gasteiger charge is -2.01. The normalized spacial score (nSPS) is 16.4. The van der Waals surface area contributed by atoms with Crippen LogP contribution in [0, 0.1) is 0 Å². The number of hydrogen-bond donors (Lipinski definition) is 0. The zero-order valence-corrected chi connectivity index (χ0v) is 9.97. The SMILES string of the molecule is C/C=C1/N=C(c2ccc(C(=O)OC)cc2)OC1=O. The average Bonchev–Trinajstić information content (AvgIpc) is 2.79. The summed E-state index contributed by atoms with van der Waals surface area (Å²) in [7, 11) is 1.32. The molecule has 18 heavy (non-hydrogen) atoms. The molecule has 0 amide bonds. The van der Waals surface area contributed by atoms with E-state index >= 15 is 0 Å². The molecule has 1 heterocycles. The van der Waals surface area contributed by atoms with Crippen molar-refractivity contribution < 1.29 is 19.1 Å². The van der Waals surface area contributed by atoms with Gasteiger partial charge in [-0.15, -0.1) is 0 Å². The molecule has 5 heteroatoms. The van der Waals surface area contributed by atoms with Crippen molar-refractivity contribution in [2.75, 3.05) is 7.11 Å². The van der Waals surface area contributed by atoms with Gasteiger partial charge in [-0.1, -0.05) is 6.08 Å². The number of cyclic esters (lactones) is 1. The van der Waals surface area contributed by atoms with E-state index in [1.54, 1.807) is 37.3 Å². The predicted molar refractivity (Wildman–Crippen MR) is 64.2 cm³/mol. The minimum absolute atomic E-state index is 0.240. The van der Waals surface area contributed by atoms with E-state index in [0.29, 0.717) is 11.1 Å². The van der Waals surface area contributed by atoms with Gasteiger partial charge in [0, 0.05) is 5.56 Å². The summed E-state index contributed by atoms with van der Waals surface area (Å²) in [4.78, 5) is 26.6. The third kappa shape index (κ3) is 2.15. The minimum atomic E-state index is -0.468. The first kappa shape index (κ1) is 12.0. The number of nitrogens with zero attached hydrogens (tertiary/aromatic N) is 1. The van der Waals surface area contributed by atoms with Gasteiger partial charge in [-0.05, 0) is 31.2 Å². The third-order valence-electron chi connectivity index (χ3n) is 2.45. The lowest BCUT2D eigenvalue weighted by molar-refractivity contribution is -0.130. The molecule has 5 nitrogen and oxygen atoms in total. The molecule has 0 bridgehead atoms. The van der Waals surface area contributed by atoms with Crippen LogP contribution in [0.25, 0.3) is 0 Å². The lowest BCUT2D eigenvalue weighted by Crippen LogP contribution is -2.06. The van der Waals surface area contributed by atoms with Gasteiger partial charge >= 0.3 is 11.9 Å². The number of benzene rings is 1. The van der Waals surface area contributed by atoms with E-state index in [0.717, 1.165) is 0 Å². The Morgan fingerprint density at radius 1 is 1.33 bits per heavy atom. The van der Waals surface area contributed by atoms with Crippen molar-refractivity contribution in [1.82, 2.24) is 0 Å². The van der Waals surface area contributed by atoms with Crippen LogP contribution in [0.1, 0.15) is 22.8 Å². The standard InChI is InChI=1S/C13H11NO4/c1-3-10-13(16)18-11(14-10)8-4-6-9(7-5-8)12(15)17-2/h3-7H,1-2H3/b10-3+. The smallest absolute Gasteiger partial charge is 0.363 e. The Hall–Kier alpha value is -2.43. The Morgan fingerprint density at radius 2 is 2.00 bits per heavy atom. The number of carbonyl (C=O) groups is 2. The first-order valence-corrected chi connectivity index (χ1v) is 5.31. The van der Waals surface area contributed by atoms with Gasteiger partial charge in [0.25, 0.3) is 0 Å². The first-order valence-electron chi connectivity index (χ1n) is 5.31. The quantitative estimate of drug-likeness (QED) is 0.587. The number of rotatable bonds is 2. The van der Waals surface area contributed by atoms with Crippen molar-refractivity contribution >= 4 is 17.8 Å². The maximum Gasteiger partial charge on any atom is 0.363 e. The molecular formula is C13H11NO4. The van der Waals surface area contributed by atoms with Crippen molar-refractivity contribution in [2.45, 2.75) is 6.92 Å². The van der Waals surface area contributed by atoms with Gasteiger partial charge in [-0.3, -0.25) is 0 Å². The van der Waals surface area contributed by atoms with Crippen molar-refractivity contribution in [3.8, 4) is 0 Å². The summed E-state index contributed by atoms with van der Waals surface area (Å²) in [6, 6.07) is 6.48. The van der Waals surface area contributed by atoms with Gasteiger partial charge in [-0.2, -0.15) is 0 Å². The summed E-state index contributed by atoms with van der Waals surface area (Å²) < 4.78 is 9.59. The molecule has 1 aliphatic heterocycles. The molecule has 0 spiro atoms. The van der Waals surface area contributed by atoms with Crippen molar-refractivity contribution in [3.05, 3.63) is 47.2 Å². The fourth-order valence-electron chi connectivity index (χ4n) is 1.49. The molecule has 0 N–H and O–H groups in total. The molecule has 0 unspecified atom stereocenters. The molecule has 0 aliphatic carbocycles. The van der Waals surface area contributed by atoms with Gasteiger partial charge in [0.05, 0.1) is 12.7 Å². The van der Waals surface area contributed by atoms with E-state index in [1.165, 1.54) is 7.11 Å². The molecule has 0 fully saturated rings. The molecule has 1 aromatic rings. The molecule has 0 saturated heterocycles. The number of allylic oxidation sites excluding steroid dienone is 1. The van der Waals surface area contributed by atoms with Crippen LogP contribution >= 0.6 is 0 Å². The molecular weight excluding hydrogens is 234 g/mol. The Labute approximate surface area is 104 Å². The zero-order chi connectivity index (χ0) is 13.1. The van der Waals surface area contributed by atoms with Gasteiger partial charge in [-0.25, -0.2) is 14.6 Å². The summed E-state index contributed by atoms with van der Waals surface area (Å²) in [5.74, 6) is -0.643. The monoisotopic (exact) mass is 245 g/mol. The number of carbonyl (C=O) groups excluding carboxylic acids is 2. The lowest BCUT2D eigenvalue weighted by atomic mass is 10.1. The second kappa shape index (κ2) is 4.83. The second-order valence-electron chi connectivity index (χ2n) is 3.55. The Balaban J connectivity index is 2.26. The molecule has 0 atom stereocenters. The maximum absolute atomic E-state index is 11.3. The van der Waals surface area contributed by atoms with Crippen LogP contribution in [0.2, 0.25) is 0 Å². The van der Waals surface area contributed by atoms with E-state index in [2.05, 4.69) is 9.73 Å². The van der Waals surface area contributed by atoms with E-state index in [9.17, 15) is 9.59 Å². The van der Waals surface area contributed by atoms with E-state index in [4.69, 9.17) is 4.74 Å². The van der Waals surface area contributed by atoms with E-state index in [1.807, 2.05) is 0 Å². The topological polar surface area (TPSA) is 65.0 Å². The number of esters is 2. The summed E-state index contributed by atoms with van der Waals surface area (Å²) in [5, 5.41) is 0. The van der Waals surface area contributed by atoms with Gasteiger partial charge < -0.3 is 9.47 Å². The highest BCUT2D eigenvalue weighted by Gasteiger charge is 2.23. The first-order chi connectivity index (χ1) is 8.65. The largest absolute Gasteiger partial charge is 0.465 e. The molecule has 1 aliphatic rings. The molecule has 1 aromatic carbocycles. The number of methoxy groups -OCH3 is 1. The summed E-state index contributed by atoms with van der Waals surface area (Å²) in [6.07, 6.45) is 1.58. The second-order valence-corrected chi connectivity index (χ2v) is 3.55. The minimum Gasteiger partial charge on any atom is -0.465 e. The Kier molecular flexibility index (Phi) is 3.23. The van der Waals surface area contributed by atoms with Crippen LogP contribution in [-0.4, -0.2) is 24.9 Å². The van der Waals surface area contributed by atoms with Crippen LogP contribution in [0.4, 0.5) is 0 Å². The van der Waals surface area contributed by atoms with Crippen molar-refractivity contribution in [1.29, 1.82) is 0 Å². The number of hydrogen-bond acceptors (Lipinski definition) is 5. The highest BCUT2D eigenvalue weighted by molar-refractivity contribution is 6.11. The molecule has 92 valence electrons. The Bertz CT molecular complexity index is 555. The van der Waals surface area contributed by atoms with Gasteiger partial charge in [0.15, 0.2) is 0 Å². The summed E-state index contributed by atoms with van der Waals surface area (Å²) in [6.45, 7) is 1.71. The molecule has 0 radical (unpaired) electrons. The zero-order valence-electron chi connectivity index (χ0n) is 9.97. The average molecular weight is 245 g/mol. The molecule has 0 aromatic heterocycles. The van der Waals surface area contributed by atoms with Gasteiger partial charge in [0.2, 0.25) is 5.90 Å². The highest BCUT2D eigenvalue weighted by Crippen LogP contribution is 2.16. The van der Waals surface area contributed by atoms with Crippen LogP contribution in [0.5, 0.6) is 0 Å². The highest BCUT2D eigenvalue weighted by atomic mass is 16.6. The number of ether oxygens (including phenoxy) is 2. The Morgan fingerprint density at radius 3 is 2.50 bits per heavy atom. The van der Waals surface area contributed by atoms with E-state index in [-0.39, 0.29) is 11.6 Å². The number of aliphatic imine (C=N–C) groups is 1. The predicted octanol–water partition coefficient (Wildman–Crippen LogP) is 1.68. The summed E-state index contributed by atoms with van der Waals surface area (Å²) >= 11 is 0. The van der Waals surface area contributed by atoms with Crippen LogP contribution in [-0.2, 0) is 14.3 Å². The van der Waals surface area contributed by atoms with E-state index < -0.39 is 11.9 Å². The maximum atomic E-state index is 11.3. The fraction of sp³-hybridized carbons (Fsp3) is 0.154. The third-order valence-corrected chi connectivity index (χ3v) is 2.45.